The molecular formula is C75H100N22O16. The predicted molar refractivity (Wildman–Crippen MR) is 404 cm³/mol. The van der Waals surface area contributed by atoms with Gasteiger partial charge in [0.2, 0.25) is 65.0 Å². The number of imidazole rings is 3. The Morgan fingerprint density at radius 3 is 1.39 bits per heavy atom. The van der Waals surface area contributed by atoms with Gasteiger partial charge in [-0.2, -0.15) is 0 Å². The van der Waals surface area contributed by atoms with Crippen LogP contribution in [0.2, 0.25) is 0 Å². The Hall–Kier alpha value is -12.3. The first-order chi connectivity index (χ1) is 54.2. The minimum absolute atomic E-state index is 0.00462. The molecule has 0 unspecified atom stereocenters. The first kappa shape index (κ1) is 83.2. The number of rotatable bonds is 38. The van der Waals surface area contributed by atoms with Crippen LogP contribution in [0.15, 0.2) is 92.3 Å². The van der Waals surface area contributed by atoms with E-state index in [1.165, 1.54) is 69.3 Å². The Balaban J connectivity index is 0.843. The fraction of sp³-hybridized carbons (Fsp3) is 0.507. The second kappa shape index (κ2) is 39.1. The number of nitrogens with zero attached hydrogens (tertiary/aromatic N) is 7. The maximum absolute atomic E-state index is 15.3. The van der Waals surface area contributed by atoms with E-state index in [9.17, 15) is 58.5 Å². The quantitative estimate of drug-likeness (QED) is 0.0119. The van der Waals surface area contributed by atoms with Crippen molar-refractivity contribution in [2.24, 2.45) is 17.4 Å². The van der Waals surface area contributed by atoms with Gasteiger partial charge in [0.15, 0.2) is 5.96 Å². The lowest BCUT2D eigenvalue weighted by Crippen LogP contribution is -2.61. The molecule has 4 aliphatic rings. The van der Waals surface area contributed by atoms with Crippen LogP contribution in [-0.4, -0.2) is 258 Å². The van der Waals surface area contributed by atoms with E-state index in [-0.39, 0.29) is 146 Å². The fourth-order valence-electron chi connectivity index (χ4n) is 15.1. The number of hydrogen-bond donors (Lipinski definition) is 18. The monoisotopic (exact) mass is 1560 g/mol. The van der Waals surface area contributed by atoms with Crippen LogP contribution >= 0.6 is 0 Å². The molecule has 4 saturated heterocycles. The van der Waals surface area contributed by atoms with E-state index in [0.29, 0.717) is 24.1 Å². The van der Waals surface area contributed by atoms with E-state index >= 15 is 19.2 Å². The molecule has 0 spiro atoms. The number of aromatic nitrogens is 7. The van der Waals surface area contributed by atoms with E-state index in [1.54, 1.807) is 32.2 Å². The number of nitrogens with two attached hydrogens (primary N) is 2. The maximum atomic E-state index is 15.3. The van der Waals surface area contributed by atoms with Crippen molar-refractivity contribution in [2.45, 2.75) is 202 Å². The summed E-state index contributed by atoms with van der Waals surface area (Å²) in [6.07, 6.45) is 10.5. The molecule has 8 heterocycles. The molecule has 2 aromatic carbocycles. The first-order valence-corrected chi connectivity index (χ1v) is 38.1. The highest BCUT2D eigenvalue weighted by Gasteiger charge is 2.46. The van der Waals surface area contributed by atoms with Crippen molar-refractivity contribution in [3.05, 3.63) is 121 Å². The number of carbonyl (C=O) groups excluding carboxylic acids is 11. The van der Waals surface area contributed by atoms with E-state index in [2.05, 4.69) is 77.4 Å². The molecular weight excluding hydrogens is 1460 g/mol. The van der Waals surface area contributed by atoms with Crippen LogP contribution in [0.4, 0.5) is 0 Å². The lowest BCUT2D eigenvalue weighted by Gasteiger charge is -2.32. The highest BCUT2D eigenvalue weighted by molar-refractivity contribution is 6.00. The van der Waals surface area contributed by atoms with Gasteiger partial charge in [-0.3, -0.25) is 62.9 Å². The smallest absolute Gasteiger partial charge is 0.326 e. The Morgan fingerprint density at radius 2 is 0.938 bits per heavy atom. The van der Waals surface area contributed by atoms with Crippen molar-refractivity contribution in [1.29, 1.82) is 5.41 Å². The zero-order valence-corrected chi connectivity index (χ0v) is 62.9. The molecule has 38 heteroatoms. The highest BCUT2D eigenvalue weighted by atomic mass is 16.4. The molecule has 10 rings (SSSR count). The molecule has 0 saturated carbocycles. The normalized spacial score (nSPS) is 18.9. The van der Waals surface area contributed by atoms with Crippen molar-refractivity contribution in [3.63, 3.8) is 0 Å². The lowest BCUT2D eigenvalue weighted by atomic mass is 10.0. The van der Waals surface area contributed by atoms with Crippen LogP contribution in [0.5, 0.6) is 5.75 Å². The zero-order valence-electron chi connectivity index (χ0n) is 62.9. The number of phenolic OH excluding ortho intramolecular Hbond substituents is 1. The molecule has 113 heavy (non-hydrogen) atoms. The van der Waals surface area contributed by atoms with E-state index in [1.807, 2.05) is 24.3 Å². The van der Waals surface area contributed by atoms with Crippen LogP contribution in [0.3, 0.4) is 0 Å². The average Bonchev–Trinajstić information content (AvgIpc) is 1.73. The van der Waals surface area contributed by atoms with Crippen LogP contribution in [0.1, 0.15) is 126 Å². The van der Waals surface area contributed by atoms with Crippen LogP contribution in [0.25, 0.3) is 10.9 Å². The summed E-state index contributed by atoms with van der Waals surface area (Å²) in [6, 6.07) is -2.32. The third kappa shape index (κ3) is 22.3. The molecule has 4 aromatic heterocycles. The number of likely N-dealkylation sites (tertiary alicyclic amines) is 4. The van der Waals surface area contributed by atoms with E-state index in [0.717, 1.165) is 16.5 Å². The second-order valence-corrected chi connectivity index (χ2v) is 29.4. The topological polar surface area (TPSA) is 570 Å². The van der Waals surface area contributed by atoms with Gasteiger partial charge in [0, 0.05) is 101 Å². The lowest BCUT2D eigenvalue weighted by molar-refractivity contribution is -0.146. The number of phenols is 1. The second-order valence-electron chi connectivity index (χ2n) is 29.4. The van der Waals surface area contributed by atoms with Gasteiger partial charge in [0.05, 0.1) is 42.1 Å². The number of fused-ring (bicyclic) bond motifs is 1. The van der Waals surface area contributed by atoms with Crippen LogP contribution in [-0.2, 0) is 94.4 Å². The molecule has 0 bridgehead atoms. The Bertz CT molecular complexity index is 4340. The fourth-order valence-corrected chi connectivity index (χ4v) is 15.1. The first-order valence-electron chi connectivity index (χ1n) is 38.1. The minimum Gasteiger partial charge on any atom is -0.508 e. The molecule has 606 valence electrons. The number of amides is 11. The Labute approximate surface area is 649 Å². The van der Waals surface area contributed by atoms with Crippen LogP contribution < -0.4 is 54.0 Å². The predicted octanol–water partition coefficient (Wildman–Crippen LogP) is -1.50. The largest absolute Gasteiger partial charge is 0.508 e. The SMILES string of the molecule is CC(C)C[C@H](NC(=O)[C@@H]1CCCN1C(=O)[C@H](CCC(=O)O)NC(=O)[C@@H]1CCCN1C(=O)[C@H](Cc1c[nH]cn1)NC(=O)[C@H](CCCNC(=N)N)NC(=O)[C@H](Cc1c[nH]cn1)NC(=O)[C@@H]1CCCN1C(=O)[C@H](Cc1c[nH]cn1)NC(=O)[C@H](Cc1ccc(O)cc1)NC(=O)[C@@H]1CCCN1C(=O)[C@@H](N)Cc1c[nH]c2ccccc12)C(=O)O. The van der Waals surface area contributed by atoms with Crippen molar-refractivity contribution in [1.82, 2.24) is 97.0 Å². The molecule has 6 aromatic rings. The Morgan fingerprint density at radius 1 is 0.513 bits per heavy atom. The molecule has 0 aliphatic carbocycles. The third-order valence-electron chi connectivity index (χ3n) is 20.8. The van der Waals surface area contributed by atoms with Gasteiger partial charge in [-0.25, -0.2) is 19.7 Å². The molecule has 20 N–H and O–H groups in total. The molecule has 4 aliphatic heterocycles. The summed E-state index contributed by atoms with van der Waals surface area (Å²) >= 11 is 0. The van der Waals surface area contributed by atoms with Gasteiger partial charge in [0.1, 0.15) is 72.2 Å². The van der Waals surface area contributed by atoms with Gasteiger partial charge in [0.25, 0.3) is 0 Å². The summed E-state index contributed by atoms with van der Waals surface area (Å²) in [5.41, 5.74) is 15.3. The van der Waals surface area contributed by atoms with Crippen molar-refractivity contribution in [2.75, 3.05) is 32.7 Å². The van der Waals surface area contributed by atoms with Crippen molar-refractivity contribution >= 4 is 93.8 Å². The summed E-state index contributed by atoms with van der Waals surface area (Å²) in [6.45, 7) is 3.83. The number of benzene rings is 2. The molecule has 4 fully saturated rings. The standard InChI is InChI=1S/C75H100N22O16/c1-41(2)28-57(74(112)113)93-69(107)61-16-7-25-95(61)71(109)52(21-22-62(99)100)88-66(104)59-14-8-26-96(59)72(110)55(32-45-36-80-39-85-45)91-63(101)51(12-5-23-82-75(77)78)87-65(103)54(31-44-35-79-38-84-44)90-68(106)60-15-9-27-97(60)73(111)56(33-46-37-81-40-86-46)92-64(102)53(29-42-17-19-47(98)20-18-42)89-67(105)58-13-6-24-94(58)70(108)49(76)30-43-34-83-50-11-4-3-10-48(43)50/h3-4,10-11,17-20,34-41,49,51-61,83,98H,5-9,12-16,21-33,76H2,1-2H3,(H,79,84)(H,80,85)(H,81,86)(H,87,103)(H,88,104)(H,89,105)(H,90,106)(H,91,101)(H,92,102)(H,93,107)(H,99,100)(H,112,113)(H4,77,78,82)/t49-,51-,52-,53-,54-,55-,56-,57-,58-,59-,60-,61-/m0/s1. The van der Waals surface area contributed by atoms with Gasteiger partial charge in [-0.05, 0) is 119 Å². The highest BCUT2D eigenvalue weighted by Crippen LogP contribution is 2.27. The van der Waals surface area contributed by atoms with Crippen molar-refractivity contribution < 1.29 is 77.6 Å². The summed E-state index contributed by atoms with van der Waals surface area (Å²) < 4.78 is 0. The van der Waals surface area contributed by atoms with Gasteiger partial charge >= 0.3 is 11.9 Å². The third-order valence-corrected chi connectivity index (χ3v) is 20.8. The number of carboxylic acids is 2. The molecule has 11 amide bonds. The van der Waals surface area contributed by atoms with E-state index < -0.39 is 168 Å². The minimum atomic E-state index is -1.52. The van der Waals surface area contributed by atoms with Crippen molar-refractivity contribution in [3.8, 4) is 5.75 Å². The van der Waals surface area contributed by atoms with Gasteiger partial charge < -0.3 is 109 Å². The number of nitrogens with one attached hydrogen (secondary N) is 13. The number of para-hydroxylation sites is 1. The van der Waals surface area contributed by atoms with E-state index in [4.69, 9.17) is 16.9 Å². The summed E-state index contributed by atoms with van der Waals surface area (Å²) in [4.78, 5) is 215. The molecule has 38 nitrogen and oxygen atoms in total. The zero-order chi connectivity index (χ0) is 81.0. The number of aromatic hydroxyl groups is 1. The molecule has 0 radical (unpaired) electrons. The molecule has 12 atom stereocenters. The number of carboxylic acid groups (broad SMARTS) is 2. The average molecular weight is 1570 g/mol. The number of aliphatic carboxylic acids is 2. The van der Waals surface area contributed by atoms with Crippen LogP contribution in [0, 0.1) is 11.3 Å². The summed E-state index contributed by atoms with van der Waals surface area (Å²) in [5, 5.41) is 60.3. The maximum Gasteiger partial charge on any atom is 0.326 e. The van der Waals surface area contributed by atoms with Gasteiger partial charge in [-0.1, -0.05) is 44.2 Å². The number of H-pyrrole nitrogens is 4. The number of aromatic amines is 4. The Kier molecular flexibility index (Phi) is 28.8. The summed E-state index contributed by atoms with van der Waals surface area (Å²) in [5.74, 6) is -11.6. The number of carbonyl (C=O) groups is 13. The number of guanidine groups is 1. The van der Waals surface area contributed by atoms with Gasteiger partial charge in [-0.15, -0.1) is 0 Å². The summed E-state index contributed by atoms with van der Waals surface area (Å²) in [7, 11) is 0. The number of hydrogen-bond acceptors (Lipinski definition) is 19.